The standard InChI is InChI=1S/C18H17NO4S/c1-12-8-9-24-16(12)6-7-18(22)23-11-17(21)19-15-5-3-4-14(10-15)13(2)20/h3-10H,11H2,1-2H3,(H,19,21)/b7-6+. The van der Waals surface area contributed by atoms with E-state index in [4.69, 9.17) is 4.74 Å². The number of hydrogen-bond donors (Lipinski definition) is 1. The lowest BCUT2D eigenvalue weighted by Crippen LogP contribution is -2.20. The molecule has 1 N–H and O–H groups in total. The van der Waals surface area contributed by atoms with E-state index < -0.39 is 18.5 Å². The van der Waals surface area contributed by atoms with Crippen molar-refractivity contribution in [2.45, 2.75) is 13.8 Å². The topological polar surface area (TPSA) is 72.5 Å². The van der Waals surface area contributed by atoms with Gasteiger partial charge in [0.25, 0.3) is 5.91 Å². The Morgan fingerprint density at radius 2 is 2.04 bits per heavy atom. The SMILES string of the molecule is CC(=O)c1cccc(NC(=O)COC(=O)/C=C/c2sccc2C)c1. The number of ketones is 1. The van der Waals surface area contributed by atoms with Crippen molar-refractivity contribution in [3.05, 3.63) is 57.8 Å². The van der Waals surface area contributed by atoms with Crippen LogP contribution in [0.25, 0.3) is 6.08 Å². The Kier molecular flexibility index (Phi) is 6.03. The first-order valence-corrected chi connectivity index (χ1v) is 8.13. The molecule has 0 fully saturated rings. The molecule has 0 aliphatic carbocycles. The fourth-order valence-corrected chi connectivity index (χ4v) is 2.72. The summed E-state index contributed by atoms with van der Waals surface area (Å²) in [5.74, 6) is -1.15. The van der Waals surface area contributed by atoms with Gasteiger partial charge in [0.2, 0.25) is 0 Å². The maximum atomic E-state index is 11.8. The first-order valence-electron chi connectivity index (χ1n) is 7.25. The number of esters is 1. The molecular weight excluding hydrogens is 326 g/mol. The molecule has 24 heavy (non-hydrogen) atoms. The molecule has 1 aromatic carbocycles. The number of thiophene rings is 1. The Hall–Kier alpha value is -2.73. The Morgan fingerprint density at radius 3 is 2.71 bits per heavy atom. The second kappa shape index (κ2) is 8.21. The maximum absolute atomic E-state index is 11.8. The normalized spacial score (nSPS) is 10.6. The molecule has 124 valence electrons. The number of ether oxygens (including phenoxy) is 1. The van der Waals surface area contributed by atoms with Crippen molar-refractivity contribution < 1.29 is 19.1 Å². The van der Waals surface area contributed by atoms with Gasteiger partial charge in [-0.3, -0.25) is 9.59 Å². The minimum Gasteiger partial charge on any atom is -0.452 e. The van der Waals surface area contributed by atoms with Gasteiger partial charge in [-0.2, -0.15) is 0 Å². The molecule has 0 saturated carbocycles. The molecule has 0 bridgehead atoms. The molecule has 0 aliphatic heterocycles. The van der Waals surface area contributed by atoms with Crippen LogP contribution in [0.15, 0.2) is 41.8 Å². The number of carbonyl (C=O) groups excluding carboxylic acids is 3. The number of aryl methyl sites for hydroxylation is 1. The monoisotopic (exact) mass is 343 g/mol. The van der Waals surface area contributed by atoms with Crippen molar-refractivity contribution in [3.63, 3.8) is 0 Å². The molecule has 1 aromatic heterocycles. The van der Waals surface area contributed by atoms with Gasteiger partial charge in [-0.25, -0.2) is 4.79 Å². The van der Waals surface area contributed by atoms with Crippen molar-refractivity contribution in [2.24, 2.45) is 0 Å². The van der Waals surface area contributed by atoms with Crippen molar-refractivity contribution in [1.82, 2.24) is 0 Å². The summed E-state index contributed by atoms with van der Waals surface area (Å²) in [6.07, 6.45) is 2.96. The number of anilines is 1. The highest BCUT2D eigenvalue weighted by molar-refractivity contribution is 7.11. The summed E-state index contributed by atoms with van der Waals surface area (Å²) in [6.45, 7) is 3.01. The van der Waals surface area contributed by atoms with Crippen molar-refractivity contribution in [3.8, 4) is 0 Å². The van der Waals surface area contributed by atoms with Gasteiger partial charge in [0.05, 0.1) is 0 Å². The van der Waals surface area contributed by atoms with Crippen LogP contribution in [0.2, 0.25) is 0 Å². The third kappa shape index (κ3) is 5.17. The Morgan fingerprint density at radius 1 is 1.25 bits per heavy atom. The van der Waals surface area contributed by atoms with Crippen molar-refractivity contribution in [2.75, 3.05) is 11.9 Å². The third-order valence-corrected chi connectivity index (χ3v) is 4.16. The number of carbonyl (C=O) groups is 3. The molecule has 1 heterocycles. The summed E-state index contributed by atoms with van der Waals surface area (Å²) in [4.78, 5) is 35.7. The van der Waals surface area contributed by atoms with Crippen molar-refractivity contribution >= 4 is 40.8 Å². The van der Waals surface area contributed by atoms with Gasteiger partial charge >= 0.3 is 5.97 Å². The first-order chi connectivity index (χ1) is 11.5. The van der Waals surface area contributed by atoms with Crippen LogP contribution in [0.1, 0.15) is 27.7 Å². The Labute approximate surface area is 144 Å². The first kappa shape index (κ1) is 17.6. The van der Waals surface area contributed by atoms with E-state index in [1.165, 1.54) is 24.3 Å². The van der Waals surface area contributed by atoms with E-state index in [0.29, 0.717) is 11.3 Å². The number of amides is 1. The minimum absolute atomic E-state index is 0.0912. The molecule has 1 amide bonds. The van der Waals surface area contributed by atoms with Gasteiger partial charge in [0.15, 0.2) is 12.4 Å². The van der Waals surface area contributed by atoms with E-state index >= 15 is 0 Å². The summed E-state index contributed by atoms with van der Waals surface area (Å²) >= 11 is 1.52. The molecule has 2 aromatic rings. The maximum Gasteiger partial charge on any atom is 0.331 e. The number of benzene rings is 1. The summed E-state index contributed by atoms with van der Waals surface area (Å²) in [5.41, 5.74) is 2.06. The van der Waals surface area contributed by atoms with Gasteiger partial charge in [0.1, 0.15) is 0 Å². The second-order valence-electron chi connectivity index (χ2n) is 5.09. The fourth-order valence-electron chi connectivity index (χ4n) is 1.90. The van der Waals surface area contributed by atoms with E-state index in [0.717, 1.165) is 10.4 Å². The van der Waals surface area contributed by atoms with Crippen LogP contribution in [0, 0.1) is 6.92 Å². The minimum atomic E-state index is -0.588. The van der Waals surface area contributed by atoms with Crippen molar-refractivity contribution in [1.29, 1.82) is 0 Å². The summed E-state index contributed by atoms with van der Waals surface area (Å²) < 4.78 is 4.89. The fraction of sp³-hybridized carbons (Fsp3) is 0.167. The van der Waals surface area contributed by atoms with Crippen LogP contribution in [-0.4, -0.2) is 24.3 Å². The van der Waals surface area contributed by atoms with Crippen LogP contribution < -0.4 is 5.32 Å². The highest BCUT2D eigenvalue weighted by atomic mass is 32.1. The van der Waals surface area contributed by atoms with E-state index in [1.54, 1.807) is 30.3 Å². The molecule has 2 rings (SSSR count). The Bertz CT molecular complexity index is 792. The zero-order chi connectivity index (χ0) is 17.5. The van der Waals surface area contributed by atoms with E-state index in [9.17, 15) is 14.4 Å². The highest BCUT2D eigenvalue weighted by Gasteiger charge is 2.07. The molecule has 5 nitrogen and oxygen atoms in total. The van der Waals surface area contributed by atoms with Crippen LogP contribution in [-0.2, 0) is 14.3 Å². The molecule has 0 radical (unpaired) electrons. The second-order valence-corrected chi connectivity index (χ2v) is 6.04. The molecule has 0 spiro atoms. The highest BCUT2D eigenvalue weighted by Crippen LogP contribution is 2.17. The lowest BCUT2D eigenvalue weighted by molar-refractivity contribution is -0.142. The predicted molar refractivity (Wildman–Crippen MR) is 94.1 cm³/mol. The molecule has 0 saturated heterocycles. The van der Waals surface area contributed by atoms with Gasteiger partial charge in [-0.15, -0.1) is 11.3 Å². The number of hydrogen-bond acceptors (Lipinski definition) is 5. The summed E-state index contributed by atoms with van der Waals surface area (Å²) in [5, 5.41) is 4.51. The van der Waals surface area contributed by atoms with Gasteiger partial charge < -0.3 is 10.1 Å². The van der Waals surface area contributed by atoms with Crippen LogP contribution in [0.3, 0.4) is 0 Å². The lowest BCUT2D eigenvalue weighted by atomic mass is 10.1. The summed E-state index contributed by atoms with van der Waals surface area (Å²) in [7, 11) is 0. The molecular formula is C18H17NO4S. The molecule has 0 atom stereocenters. The van der Waals surface area contributed by atoms with E-state index in [2.05, 4.69) is 5.32 Å². The number of rotatable bonds is 6. The van der Waals surface area contributed by atoms with E-state index in [1.807, 2.05) is 18.4 Å². The largest absolute Gasteiger partial charge is 0.452 e. The quantitative estimate of drug-likeness (QED) is 0.495. The molecule has 6 heteroatoms. The van der Waals surface area contributed by atoms with Gasteiger partial charge in [-0.05, 0) is 49.1 Å². The van der Waals surface area contributed by atoms with Crippen LogP contribution in [0.5, 0.6) is 0 Å². The van der Waals surface area contributed by atoms with Gasteiger partial charge in [0, 0.05) is 22.2 Å². The Balaban J connectivity index is 1.83. The third-order valence-electron chi connectivity index (χ3n) is 3.17. The van der Waals surface area contributed by atoms with Crippen LogP contribution in [0.4, 0.5) is 5.69 Å². The van der Waals surface area contributed by atoms with E-state index in [-0.39, 0.29) is 5.78 Å². The predicted octanol–water partition coefficient (Wildman–Crippen LogP) is 3.45. The average molecular weight is 343 g/mol. The lowest BCUT2D eigenvalue weighted by Gasteiger charge is -2.06. The van der Waals surface area contributed by atoms with Gasteiger partial charge in [-0.1, -0.05) is 12.1 Å². The average Bonchev–Trinajstić information content (AvgIpc) is 2.96. The number of Topliss-reactive ketones (excluding diaryl/α,β-unsaturated/α-hetero) is 1. The summed E-state index contributed by atoms with van der Waals surface area (Å²) in [6, 6.07) is 8.52. The van der Waals surface area contributed by atoms with Crippen LogP contribution >= 0.6 is 11.3 Å². The molecule has 0 aliphatic rings. The zero-order valence-electron chi connectivity index (χ0n) is 13.4. The zero-order valence-corrected chi connectivity index (χ0v) is 14.2. The number of nitrogens with one attached hydrogen (secondary N) is 1. The molecule has 0 unspecified atom stereocenters. The smallest absolute Gasteiger partial charge is 0.331 e.